The van der Waals surface area contributed by atoms with Crippen LogP contribution in [0.1, 0.15) is 126 Å². The normalized spacial score (nSPS) is 14.9. The van der Waals surface area contributed by atoms with Crippen LogP contribution < -0.4 is 16.0 Å². The molecule has 7 rings (SSSR count). The molecule has 358 valence electrons. The summed E-state index contributed by atoms with van der Waals surface area (Å²) < 4.78 is 48.9. The van der Waals surface area contributed by atoms with Crippen LogP contribution in [0.3, 0.4) is 0 Å². The third kappa shape index (κ3) is 11.3. The van der Waals surface area contributed by atoms with Crippen molar-refractivity contribution in [3.8, 4) is 11.8 Å². The molecule has 0 saturated carbocycles. The molecule has 1 aromatic heterocycles. The molecule has 2 unspecified atom stereocenters. The summed E-state index contributed by atoms with van der Waals surface area (Å²) in [6.07, 6.45) is 2.06. The lowest BCUT2D eigenvalue weighted by Gasteiger charge is -2.34. The minimum Gasteiger partial charge on any atom is -0.461 e. The van der Waals surface area contributed by atoms with E-state index < -0.39 is 65.3 Å². The van der Waals surface area contributed by atoms with E-state index >= 15 is 0 Å². The number of carbonyl (C=O) groups is 7. The summed E-state index contributed by atoms with van der Waals surface area (Å²) in [5.74, 6) is -2.47. The molecule has 14 nitrogen and oxygen atoms in total. The van der Waals surface area contributed by atoms with Crippen LogP contribution in [0.15, 0.2) is 72.8 Å². The smallest absolute Gasteiger partial charge is 0.355 e. The average molecular weight is 965 g/mol. The first-order valence-corrected chi connectivity index (χ1v) is 22.6. The van der Waals surface area contributed by atoms with Gasteiger partial charge in [0.1, 0.15) is 17.8 Å². The van der Waals surface area contributed by atoms with E-state index in [1.54, 1.807) is 52.0 Å². The number of amides is 6. The summed E-state index contributed by atoms with van der Waals surface area (Å²) in [7, 11) is 0. The number of nitrogens with zero attached hydrogens (tertiary/aromatic N) is 2. The highest BCUT2D eigenvalue weighted by molar-refractivity contribution is 6.31. The van der Waals surface area contributed by atoms with E-state index in [9.17, 15) is 46.7 Å². The van der Waals surface area contributed by atoms with Crippen molar-refractivity contribution < 1.29 is 51.5 Å². The van der Waals surface area contributed by atoms with Gasteiger partial charge in [-0.15, -0.1) is 0 Å². The number of imide groups is 1. The number of aromatic nitrogens is 1. The summed E-state index contributed by atoms with van der Waals surface area (Å²) in [5.41, 5.74) is 1.21. The molecule has 6 amide bonds. The Kier molecular flexibility index (Phi) is 14.9. The number of halogens is 4. The zero-order valence-electron chi connectivity index (χ0n) is 38.1. The van der Waals surface area contributed by atoms with E-state index in [-0.39, 0.29) is 72.5 Å². The Bertz CT molecular complexity index is 2930. The third-order valence-electron chi connectivity index (χ3n) is 11.4. The molecular weight excluding hydrogens is 917 g/mol. The number of unbranched alkanes of at least 4 members (excludes halogenated alkanes) is 2. The van der Waals surface area contributed by atoms with E-state index in [0.29, 0.717) is 69.7 Å². The highest BCUT2D eigenvalue weighted by Crippen LogP contribution is 2.37. The number of rotatable bonds is 14. The van der Waals surface area contributed by atoms with Gasteiger partial charge >= 0.3 is 5.97 Å². The molecule has 0 spiro atoms. The number of H-pyrrole nitrogens is 1. The van der Waals surface area contributed by atoms with Crippen LogP contribution in [-0.2, 0) is 37.0 Å². The molecule has 0 bridgehead atoms. The van der Waals surface area contributed by atoms with Crippen LogP contribution in [0.2, 0.25) is 5.02 Å². The molecule has 1 saturated heterocycles. The van der Waals surface area contributed by atoms with Crippen LogP contribution in [0.25, 0.3) is 10.9 Å². The molecule has 4 N–H and O–H groups in total. The van der Waals surface area contributed by atoms with Crippen molar-refractivity contribution in [3.63, 3.8) is 0 Å². The predicted octanol–water partition coefficient (Wildman–Crippen LogP) is 8.03. The number of fused-ring (bicyclic) bond motifs is 2. The van der Waals surface area contributed by atoms with Crippen LogP contribution in [0.5, 0.6) is 0 Å². The van der Waals surface area contributed by atoms with Crippen molar-refractivity contribution in [1.82, 2.24) is 25.4 Å². The number of hydrogen-bond acceptors (Lipinski definition) is 8. The van der Waals surface area contributed by atoms with Crippen LogP contribution in [-0.4, -0.2) is 74.4 Å². The fourth-order valence-corrected chi connectivity index (χ4v) is 8.50. The Balaban J connectivity index is 1.07. The number of carbonyl (C=O) groups excluding carboxylic acids is 7. The molecule has 0 aliphatic carbocycles. The highest BCUT2D eigenvalue weighted by atomic mass is 35.5. The van der Waals surface area contributed by atoms with Gasteiger partial charge < -0.3 is 30.2 Å². The summed E-state index contributed by atoms with van der Waals surface area (Å²) in [5, 5.41) is 8.55. The van der Waals surface area contributed by atoms with Gasteiger partial charge in [0.2, 0.25) is 23.6 Å². The Morgan fingerprint density at radius 3 is 2.38 bits per heavy atom. The van der Waals surface area contributed by atoms with Gasteiger partial charge in [0.15, 0.2) is 17.5 Å². The lowest BCUT2D eigenvalue weighted by molar-refractivity contribution is -0.137. The highest BCUT2D eigenvalue weighted by Gasteiger charge is 2.41. The van der Waals surface area contributed by atoms with Gasteiger partial charge in [-0.3, -0.25) is 34.1 Å². The second kappa shape index (κ2) is 20.8. The number of aromatic amines is 1. The van der Waals surface area contributed by atoms with Crippen molar-refractivity contribution in [2.75, 3.05) is 11.9 Å². The van der Waals surface area contributed by atoms with E-state index in [4.69, 9.17) is 16.3 Å². The maximum absolute atomic E-state index is 14.8. The standard InChI is InChI=1S/C51H48ClF3N6O8/c1-5-69-50(68)44-42(34-20-17-31(52)25-38(34)57-44)45(47(65)59-51(2,3)4)61(26-28-23-36(53)43(55)37(54)24-28)48(66)30-15-18-32(19-16-30)56-40(62)14-9-7-6-8-11-29-12-10-13-33-35(29)27-60(49(33)67)39-21-22-41(63)58-46(39)64/h10,12-13,15-20,23-25,39,45,57H,5-7,9,14,21-22,26-27H2,1-4H3,(H,56,62)(H,59,65)(H,58,63,64). The molecule has 2 aliphatic heterocycles. The monoisotopic (exact) mass is 964 g/mol. The summed E-state index contributed by atoms with van der Waals surface area (Å²) >= 11 is 6.31. The van der Waals surface area contributed by atoms with Gasteiger partial charge in [0, 0.05) is 81.8 Å². The topological polar surface area (TPSA) is 187 Å². The minimum absolute atomic E-state index is 0.00608. The van der Waals surface area contributed by atoms with Crippen molar-refractivity contribution in [2.24, 2.45) is 0 Å². The van der Waals surface area contributed by atoms with E-state index in [2.05, 4.69) is 32.8 Å². The van der Waals surface area contributed by atoms with Gasteiger partial charge in [-0.2, -0.15) is 0 Å². The van der Waals surface area contributed by atoms with E-state index in [0.717, 1.165) is 4.90 Å². The van der Waals surface area contributed by atoms with Crippen molar-refractivity contribution in [3.05, 3.63) is 134 Å². The maximum atomic E-state index is 14.8. The Hall–Kier alpha value is -7.45. The van der Waals surface area contributed by atoms with Gasteiger partial charge in [-0.05, 0) is 119 Å². The number of anilines is 1. The first-order valence-electron chi connectivity index (χ1n) is 22.2. The van der Waals surface area contributed by atoms with Crippen molar-refractivity contribution in [2.45, 2.75) is 96.9 Å². The van der Waals surface area contributed by atoms with Crippen LogP contribution in [0, 0.1) is 29.3 Å². The average Bonchev–Trinajstić information content (AvgIpc) is 3.83. The fourth-order valence-electron chi connectivity index (χ4n) is 8.33. The molecule has 2 aliphatic rings. The second-order valence-corrected chi connectivity index (χ2v) is 18.1. The minimum atomic E-state index is -1.73. The molecule has 2 atom stereocenters. The second-order valence-electron chi connectivity index (χ2n) is 17.6. The molecule has 0 radical (unpaired) electrons. The molecular formula is C51H48ClF3N6O8. The van der Waals surface area contributed by atoms with Gasteiger partial charge in [0.05, 0.1) is 6.61 Å². The molecule has 5 aromatic rings. The van der Waals surface area contributed by atoms with Crippen LogP contribution >= 0.6 is 11.6 Å². The Morgan fingerprint density at radius 2 is 1.70 bits per heavy atom. The van der Waals surface area contributed by atoms with Crippen LogP contribution in [0.4, 0.5) is 18.9 Å². The lowest BCUT2D eigenvalue weighted by atomic mass is 9.96. The molecule has 4 aromatic carbocycles. The summed E-state index contributed by atoms with van der Waals surface area (Å²) in [6.45, 7) is 6.20. The number of nitrogens with one attached hydrogen (secondary N) is 4. The Labute approximate surface area is 400 Å². The fraction of sp³-hybridized carbons (Fsp3) is 0.314. The SMILES string of the molecule is CCOC(=O)c1[nH]c2cc(Cl)ccc2c1C(C(=O)NC(C)(C)C)N(Cc1cc(F)c(F)c(F)c1)C(=O)c1ccc(NC(=O)CCCCC#Cc2cccc3c2CN(C2CCC(=O)NC2=O)C3=O)cc1. The van der Waals surface area contributed by atoms with E-state index in [1.165, 1.54) is 41.3 Å². The summed E-state index contributed by atoms with van der Waals surface area (Å²) in [6, 6.07) is 14.6. The molecule has 3 heterocycles. The molecule has 1 fully saturated rings. The lowest BCUT2D eigenvalue weighted by Crippen LogP contribution is -2.52. The molecule has 69 heavy (non-hydrogen) atoms. The van der Waals surface area contributed by atoms with Gasteiger partial charge in [-0.25, -0.2) is 18.0 Å². The number of ether oxygens (including phenoxy) is 1. The number of piperidine rings is 1. The number of benzene rings is 4. The Morgan fingerprint density at radius 1 is 0.971 bits per heavy atom. The first-order chi connectivity index (χ1) is 32.8. The number of esters is 1. The zero-order valence-corrected chi connectivity index (χ0v) is 38.9. The quantitative estimate of drug-likeness (QED) is 0.0283. The maximum Gasteiger partial charge on any atom is 0.355 e. The third-order valence-corrected chi connectivity index (χ3v) is 11.7. The summed E-state index contributed by atoms with van der Waals surface area (Å²) in [4.78, 5) is 98.7. The molecule has 18 heteroatoms. The first kappa shape index (κ1) is 49.5. The predicted molar refractivity (Wildman–Crippen MR) is 249 cm³/mol. The van der Waals surface area contributed by atoms with Crippen molar-refractivity contribution >= 4 is 69.6 Å². The van der Waals surface area contributed by atoms with Gasteiger partial charge in [-0.1, -0.05) is 35.6 Å². The van der Waals surface area contributed by atoms with E-state index in [1.807, 2.05) is 0 Å². The largest absolute Gasteiger partial charge is 0.461 e. The van der Waals surface area contributed by atoms with Gasteiger partial charge in [0.25, 0.3) is 11.8 Å². The number of hydrogen-bond donors (Lipinski definition) is 4. The van der Waals surface area contributed by atoms with Crippen molar-refractivity contribution in [1.29, 1.82) is 0 Å². The zero-order chi connectivity index (χ0) is 49.7.